The zero-order valence-corrected chi connectivity index (χ0v) is 13.4. The van der Waals surface area contributed by atoms with E-state index in [2.05, 4.69) is 5.32 Å². The second-order valence-electron chi connectivity index (χ2n) is 5.09. The van der Waals surface area contributed by atoms with Crippen LogP contribution in [-0.2, 0) is 24.5 Å². The van der Waals surface area contributed by atoms with Crippen LogP contribution in [0.2, 0.25) is 0 Å². The Morgan fingerprint density at radius 3 is 2.23 bits per heavy atom. The fourth-order valence-corrected chi connectivity index (χ4v) is 2.21. The van der Waals surface area contributed by atoms with E-state index in [0.29, 0.717) is 5.56 Å². The molecule has 22 heavy (non-hydrogen) atoms. The van der Waals surface area contributed by atoms with Gasteiger partial charge >= 0.3 is 5.97 Å². The van der Waals surface area contributed by atoms with Gasteiger partial charge < -0.3 is 15.0 Å². The summed E-state index contributed by atoms with van der Waals surface area (Å²) in [6.45, 7) is 1.56. The topological polar surface area (TPSA) is 75.7 Å². The van der Waals surface area contributed by atoms with Gasteiger partial charge in [-0.15, -0.1) is 0 Å². The average Bonchev–Trinajstić information content (AvgIpc) is 2.54. The summed E-state index contributed by atoms with van der Waals surface area (Å²) in [5, 5.41) is 2.54. The number of nitrogens with zero attached hydrogens (tertiary/aromatic N) is 1. The molecule has 0 aliphatic carbocycles. The summed E-state index contributed by atoms with van der Waals surface area (Å²) < 4.78 is 4.84. The first-order valence-electron chi connectivity index (χ1n) is 7.02. The maximum absolute atomic E-state index is 12.6. The number of esters is 1. The van der Waals surface area contributed by atoms with Crippen LogP contribution in [0.15, 0.2) is 30.3 Å². The van der Waals surface area contributed by atoms with E-state index in [1.165, 1.54) is 12.0 Å². The summed E-state index contributed by atoms with van der Waals surface area (Å²) in [4.78, 5) is 38.0. The Balaban J connectivity index is 3.13. The highest BCUT2D eigenvalue weighted by Gasteiger charge is 2.47. The van der Waals surface area contributed by atoms with Crippen molar-refractivity contribution in [3.05, 3.63) is 35.9 Å². The maximum atomic E-state index is 12.6. The van der Waals surface area contributed by atoms with E-state index in [-0.39, 0.29) is 18.9 Å². The summed E-state index contributed by atoms with van der Waals surface area (Å²) in [6, 6.07) is 8.71. The molecule has 1 unspecified atom stereocenters. The highest BCUT2D eigenvalue weighted by Crippen LogP contribution is 2.30. The summed E-state index contributed by atoms with van der Waals surface area (Å²) in [6.07, 6.45) is 0.228. The minimum atomic E-state index is -1.46. The van der Waals surface area contributed by atoms with Crippen molar-refractivity contribution in [2.45, 2.75) is 18.8 Å². The van der Waals surface area contributed by atoms with Crippen LogP contribution < -0.4 is 5.32 Å². The molecule has 6 heteroatoms. The second kappa shape index (κ2) is 7.59. The number of carbonyl (C=O) groups excluding carboxylic acids is 3. The first-order chi connectivity index (χ1) is 10.4. The predicted molar refractivity (Wildman–Crippen MR) is 82.1 cm³/mol. The van der Waals surface area contributed by atoms with Crippen LogP contribution in [0.5, 0.6) is 0 Å². The molecule has 0 saturated heterocycles. The third-order valence-electron chi connectivity index (χ3n) is 3.62. The van der Waals surface area contributed by atoms with Crippen molar-refractivity contribution < 1.29 is 19.1 Å². The quantitative estimate of drug-likeness (QED) is 0.620. The molecule has 6 nitrogen and oxygen atoms in total. The van der Waals surface area contributed by atoms with E-state index in [9.17, 15) is 14.4 Å². The smallest absolute Gasteiger partial charge is 0.325 e. The molecule has 1 atom stereocenters. The molecule has 2 amide bonds. The number of likely N-dealkylation sites (N-methyl/N-ethyl adjacent to an activating group) is 1. The number of benzene rings is 1. The largest absolute Gasteiger partial charge is 0.468 e. The third kappa shape index (κ3) is 3.44. The van der Waals surface area contributed by atoms with E-state index in [1.807, 2.05) is 0 Å². The molecule has 0 bridgehead atoms. The molecule has 1 aromatic rings. The van der Waals surface area contributed by atoms with Crippen molar-refractivity contribution >= 4 is 17.8 Å². The van der Waals surface area contributed by atoms with Gasteiger partial charge in [0.15, 0.2) is 5.41 Å². The van der Waals surface area contributed by atoms with Gasteiger partial charge in [-0.1, -0.05) is 37.3 Å². The highest BCUT2D eigenvalue weighted by atomic mass is 16.5. The van der Waals surface area contributed by atoms with Crippen molar-refractivity contribution in [2.75, 3.05) is 27.7 Å². The van der Waals surface area contributed by atoms with Crippen molar-refractivity contribution in [3.63, 3.8) is 0 Å². The summed E-state index contributed by atoms with van der Waals surface area (Å²) in [5.41, 5.74) is -0.915. The van der Waals surface area contributed by atoms with E-state index >= 15 is 0 Å². The molecule has 0 aromatic heterocycles. The van der Waals surface area contributed by atoms with Gasteiger partial charge in [-0.25, -0.2) is 0 Å². The Morgan fingerprint density at radius 2 is 1.77 bits per heavy atom. The molecule has 0 heterocycles. The molecule has 1 rings (SSSR count). The van der Waals surface area contributed by atoms with Crippen LogP contribution in [0.3, 0.4) is 0 Å². The lowest BCUT2D eigenvalue weighted by atomic mass is 9.77. The van der Waals surface area contributed by atoms with E-state index in [0.717, 1.165) is 0 Å². The van der Waals surface area contributed by atoms with E-state index < -0.39 is 17.3 Å². The standard InChI is InChI=1S/C16H22N2O4/c1-5-16(15(21)22-4,12-9-7-6-8-10-12)14(20)17-11-13(19)18(2)3/h6-10H,5,11H2,1-4H3,(H,17,20). The minimum absolute atomic E-state index is 0.169. The Morgan fingerprint density at radius 1 is 1.18 bits per heavy atom. The summed E-state index contributed by atoms with van der Waals surface area (Å²) in [5.74, 6) is -1.43. The van der Waals surface area contributed by atoms with Crippen molar-refractivity contribution in [1.82, 2.24) is 10.2 Å². The van der Waals surface area contributed by atoms with Crippen LogP contribution in [0.1, 0.15) is 18.9 Å². The number of methoxy groups -OCH3 is 1. The highest BCUT2D eigenvalue weighted by molar-refractivity contribution is 6.09. The average molecular weight is 306 g/mol. The molecule has 0 saturated carbocycles. The summed E-state index contributed by atoms with van der Waals surface area (Å²) in [7, 11) is 4.44. The second-order valence-corrected chi connectivity index (χ2v) is 5.09. The fourth-order valence-electron chi connectivity index (χ4n) is 2.21. The van der Waals surface area contributed by atoms with Crippen LogP contribution in [0, 0.1) is 0 Å². The van der Waals surface area contributed by atoms with Crippen LogP contribution in [-0.4, -0.2) is 50.4 Å². The summed E-state index contributed by atoms with van der Waals surface area (Å²) >= 11 is 0. The molecule has 1 N–H and O–H groups in total. The third-order valence-corrected chi connectivity index (χ3v) is 3.62. The van der Waals surface area contributed by atoms with Crippen molar-refractivity contribution in [1.29, 1.82) is 0 Å². The maximum Gasteiger partial charge on any atom is 0.325 e. The SMILES string of the molecule is CCC(C(=O)NCC(=O)N(C)C)(C(=O)OC)c1ccccc1. The molecule has 1 aromatic carbocycles. The molecule has 0 aliphatic heterocycles. The number of hydrogen-bond donors (Lipinski definition) is 1. The van der Waals surface area contributed by atoms with Gasteiger partial charge in [0.1, 0.15) is 0 Å². The number of amides is 2. The lowest BCUT2D eigenvalue weighted by molar-refractivity contribution is -0.153. The van der Waals surface area contributed by atoms with Crippen LogP contribution in [0.4, 0.5) is 0 Å². The fraction of sp³-hybridized carbons (Fsp3) is 0.438. The number of rotatable bonds is 6. The molecular weight excluding hydrogens is 284 g/mol. The Hall–Kier alpha value is -2.37. The molecule has 0 aliphatic rings. The molecule has 0 spiro atoms. The first-order valence-corrected chi connectivity index (χ1v) is 7.02. The Labute approximate surface area is 130 Å². The Kier molecular flexibility index (Phi) is 6.10. The van der Waals surface area contributed by atoms with Crippen molar-refractivity contribution in [3.8, 4) is 0 Å². The number of nitrogens with one attached hydrogen (secondary N) is 1. The lowest BCUT2D eigenvalue weighted by Crippen LogP contribution is -2.52. The van der Waals surface area contributed by atoms with Gasteiger partial charge in [-0.3, -0.25) is 14.4 Å². The van der Waals surface area contributed by atoms with Gasteiger partial charge in [-0.2, -0.15) is 0 Å². The number of ether oxygens (including phenoxy) is 1. The molecule has 120 valence electrons. The monoisotopic (exact) mass is 306 g/mol. The normalized spacial score (nSPS) is 12.9. The predicted octanol–water partition coefficient (Wildman–Crippen LogP) is 0.712. The van der Waals surface area contributed by atoms with Gasteiger partial charge in [-0.05, 0) is 12.0 Å². The molecule has 0 fully saturated rings. The van der Waals surface area contributed by atoms with Crippen molar-refractivity contribution in [2.24, 2.45) is 0 Å². The Bertz CT molecular complexity index is 542. The molecular formula is C16H22N2O4. The van der Waals surface area contributed by atoms with Crippen LogP contribution >= 0.6 is 0 Å². The van der Waals surface area contributed by atoms with Crippen LogP contribution in [0.25, 0.3) is 0 Å². The first kappa shape index (κ1) is 17.7. The molecule has 0 radical (unpaired) electrons. The lowest BCUT2D eigenvalue weighted by Gasteiger charge is -2.29. The number of carbonyl (C=O) groups is 3. The van der Waals surface area contributed by atoms with Gasteiger partial charge in [0.05, 0.1) is 13.7 Å². The van der Waals surface area contributed by atoms with E-state index in [1.54, 1.807) is 51.4 Å². The van der Waals surface area contributed by atoms with Gasteiger partial charge in [0.25, 0.3) is 0 Å². The zero-order valence-electron chi connectivity index (χ0n) is 13.4. The van der Waals surface area contributed by atoms with E-state index in [4.69, 9.17) is 4.74 Å². The van der Waals surface area contributed by atoms with Gasteiger partial charge in [0, 0.05) is 14.1 Å². The minimum Gasteiger partial charge on any atom is -0.468 e. The zero-order chi connectivity index (χ0) is 16.8. The number of hydrogen-bond acceptors (Lipinski definition) is 4. The van der Waals surface area contributed by atoms with Gasteiger partial charge in [0.2, 0.25) is 11.8 Å².